The Kier molecular flexibility index (Phi) is 5.32. The molecule has 0 amide bonds. The summed E-state index contributed by atoms with van der Waals surface area (Å²) in [5.41, 5.74) is 3.47. The van der Waals surface area contributed by atoms with Crippen molar-refractivity contribution in [2.24, 2.45) is 4.99 Å². The second kappa shape index (κ2) is 7.85. The first-order valence-corrected chi connectivity index (χ1v) is 8.15. The summed E-state index contributed by atoms with van der Waals surface area (Å²) in [5, 5.41) is 0. The highest BCUT2D eigenvalue weighted by atomic mass is 15.1. The SMILES string of the molecule is C(=Nc1cccc(CCN2CCCCC2)c1)c1ccncc1. The van der Waals surface area contributed by atoms with Crippen LogP contribution in [0.3, 0.4) is 0 Å². The summed E-state index contributed by atoms with van der Waals surface area (Å²) in [6.07, 6.45) is 10.7. The van der Waals surface area contributed by atoms with Crippen molar-refractivity contribution in [3.63, 3.8) is 0 Å². The molecule has 22 heavy (non-hydrogen) atoms. The molecule has 1 aliphatic heterocycles. The number of hydrogen-bond acceptors (Lipinski definition) is 3. The summed E-state index contributed by atoms with van der Waals surface area (Å²) < 4.78 is 0. The van der Waals surface area contributed by atoms with E-state index in [2.05, 4.69) is 39.1 Å². The zero-order valence-electron chi connectivity index (χ0n) is 13.0. The van der Waals surface area contributed by atoms with E-state index < -0.39 is 0 Å². The maximum atomic E-state index is 4.57. The molecule has 0 atom stereocenters. The molecule has 3 rings (SSSR count). The molecule has 0 unspecified atom stereocenters. The molecule has 2 aromatic rings. The number of benzene rings is 1. The number of nitrogens with zero attached hydrogens (tertiary/aromatic N) is 3. The fourth-order valence-electron chi connectivity index (χ4n) is 2.86. The van der Waals surface area contributed by atoms with Gasteiger partial charge in [0, 0.05) is 25.2 Å². The van der Waals surface area contributed by atoms with E-state index in [-0.39, 0.29) is 0 Å². The average Bonchev–Trinajstić information content (AvgIpc) is 2.60. The zero-order chi connectivity index (χ0) is 15.0. The van der Waals surface area contributed by atoms with Crippen LogP contribution < -0.4 is 0 Å². The number of likely N-dealkylation sites (tertiary alicyclic amines) is 1. The van der Waals surface area contributed by atoms with Gasteiger partial charge in [-0.15, -0.1) is 0 Å². The molecule has 0 N–H and O–H groups in total. The van der Waals surface area contributed by atoms with E-state index in [9.17, 15) is 0 Å². The van der Waals surface area contributed by atoms with Gasteiger partial charge < -0.3 is 4.90 Å². The first kappa shape index (κ1) is 14.9. The van der Waals surface area contributed by atoms with Crippen LogP contribution in [0, 0.1) is 0 Å². The number of piperidine rings is 1. The van der Waals surface area contributed by atoms with Crippen LogP contribution >= 0.6 is 0 Å². The van der Waals surface area contributed by atoms with Crippen LogP contribution in [-0.2, 0) is 6.42 Å². The van der Waals surface area contributed by atoms with E-state index in [1.165, 1.54) is 37.9 Å². The minimum absolute atomic E-state index is 1.02. The summed E-state index contributed by atoms with van der Waals surface area (Å²) in [6, 6.07) is 12.5. The van der Waals surface area contributed by atoms with Crippen molar-refractivity contribution in [1.29, 1.82) is 0 Å². The molecule has 0 radical (unpaired) electrons. The third-order valence-corrected chi connectivity index (χ3v) is 4.14. The maximum Gasteiger partial charge on any atom is 0.0632 e. The molecular formula is C19H23N3. The first-order chi connectivity index (χ1) is 10.9. The normalized spacial score (nSPS) is 16.2. The van der Waals surface area contributed by atoms with E-state index in [0.29, 0.717) is 0 Å². The largest absolute Gasteiger partial charge is 0.303 e. The van der Waals surface area contributed by atoms with E-state index in [1.54, 1.807) is 12.4 Å². The number of hydrogen-bond donors (Lipinski definition) is 0. The van der Waals surface area contributed by atoms with E-state index >= 15 is 0 Å². The second-order valence-electron chi connectivity index (χ2n) is 5.86. The monoisotopic (exact) mass is 293 g/mol. The third kappa shape index (κ3) is 4.50. The van der Waals surface area contributed by atoms with Gasteiger partial charge in [-0.05, 0) is 67.7 Å². The van der Waals surface area contributed by atoms with Crippen molar-refractivity contribution in [2.45, 2.75) is 25.7 Å². The van der Waals surface area contributed by atoms with Crippen molar-refractivity contribution >= 4 is 11.9 Å². The third-order valence-electron chi connectivity index (χ3n) is 4.14. The van der Waals surface area contributed by atoms with Gasteiger partial charge in [-0.2, -0.15) is 0 Å². The Bertz CT molecular complexity index is 601. The lowest BCUT2D eigenvalue weighted by Gasteiger charge is -2.26. The smallest absolute Gasteiger partial charge is 0.0632 e. The first-order valence-electron chi connectivity index (χ1n) is 8.15. The van der Waals surface area contributed by atoms with E-state index in [1.807, 2.05) is 18.3 Å². The molecule has 0 bridgehead atoms. The van der Waals surface area contributed by atoms with Crippen LogP contribution in [0.15, 0.2) is 53.8 Å². The molecule has 0 saturated carbocycles. The highest BCUT2D eigenvalue weighted by Gasteiger charge is 2.09. The molecule has 1 fully saturated rings. The summed E-state index contributed by atoms with van der Waals surface area (Å²) in [4.78, 5) is 11.2. The predicted octanol–water partition coefficient (Wildman–Crippen LogP) is 3.86. The molecule has 0 aliphatic carbocycles. The highest BCUT2D eigenvalue weighted by Crippen LogP contribution is 2.16. The zero-order valence-corrected chi connectivity index (χ0v) is 13.0. The predicted molar refractivity (Wildman–Crippen MR) is 91.9 cm³/mol. The van der Waals surface area contributed by atoms with E-state index in [0.717, 1.165) is 24.2 Å². The summed E-state index contributed by atoms with van der Waals surface area (Å²) in [7, 11) is 0. The number of aliphatic imine (C=N–C) groups is 1. The Balaban J connectivity index is 1.58. The molecule has 114 valence electrons. The molecule has 1 aromatic carbocycles. The minimum atomic E-state index is 1.02. The van der Waals surface area contributed by atoms with Crippen molar-refractivity contribution in [3.05, 3.63) is 59.9 Å². The van der Waals surface area contributed by atoms with Crippen molar-refractivity contribution < 1.29 is 0 Å². The number of pyridine rings is 1. The standard InChI is InChI=1S/C19H23N3/c1-2-12-22(13-3-1)14-9-17-5-4-6-19(15-17)21-16-18-7-10-20-11-8-18/h4-8,10-11,15-16H,1-3,9,12-14H2. The van der Waals surface area contributed by atoms with Gasteiger partial charge in [-0.25, -0.2) is 0 Å². The lowest BCUT2D eigenvalue weighted by atomic mass is 10.1. The maximum absolute atomic E-state index is 4.57. The fourth-order valence-corrected chi connectivity index (χ4v) is 2.86. The van der Waals surface area contributed by atoms with Crippen molar-refractivity contribution in [3.8, 4) is 0 Å². The summed E-state index contributed by atoms with van der Waals surface area (Å²) in [5.74, 6) is 0. The molecule has 1 aliphatic rings. The van der Waals surface area contributed by atoms with Gasteiger partial charge in [-0.1, -0.05) is 18.6 Å². The van der Waals surface area contributed by atoms with Crippen molar-refractivity contribution in [2.75, 3.05) is 19.6 Å². The Morgan fingerprint density at radius 1 is 1.05 bits per heavy atom. The van der Waals surface area contributed by atoms with Crippen LogP contribution in [0.5, 0.6) is 0 Å². The van der Waals surface area contributed by atoms with Gasteiger partial charge in [0.15, 0.2) is 0 Å². The lowest BCUT2D eigenvalue weighted by Crippen LogP contribution is -2.31. The van der Waals surface area contributed by atoms with Gasteiger partial charge in [0.25, 0.3) is 0 Å². The van der Waals surface area contributed by atoms with Gasteiger partial charge in [-0.3, -0.25) is 9.98 Å². The molecule has 3 nitrogen and oxygen atoms in total. The van der Waals surface area contributed by atoms with Crippen LogP contribution in [0.2, 0.25) is 0 Å². The van der Waals surface area contributed by atoms with Gasteiger partial charge in [0.1, 0.15) is 0 Å². The van der Waals surface area contributed by atoms with Gasteiger partial charge >= 0.3 is 0 Å². The minimum Gasteiger partial charge on any atom is -0.303 e. The van der Waals surface area contributed by atoms with Crippen LogP contribution in [0.1, 0.15) is 30.4 Å². The molecule has 1 saturated heterocycles. The van der Waals surface area contributed by atoms with Gasteiger partial charge in [0.2, 0.25) is 0 Å². The molecule has 0 spiro atoms. The molecule has 3 heteroatoms. The van der Waals surface area contributed by atoms with Crippen LogP contribution in [0.25, 0.3) is 0 Å². The Hall–Kier alpha value is -2.00. The lowest BCUT2D eigenvalue weighted by molar-refractivity contribution is 0.231. The van der Waals surface area contributed by atoms with E-state index in [4.69, 9.17) is 0 Å². The van der Waals surface area contributed by atoms with Crippen LogP contribution in [0.4, 0.5) is 5.69 Å². The number of rotatable bonds is 5. The second-order valence-corrected chi connectivity index (χ2v) is 5.86. The topological polar surface area (TPSA) is 28.5 Å². The molecule has 1 aromatic heterocycles. The highest BCUT2D eigenvalue weighted by molar-refractivity contribution is 5.81. The van der Waals surface area contributed by atoms with Crippen molar-refractivity contribution in [1.82, 2.24) is 9.88 Å². The van der Waals surface area contributed by atoms with Gasteiger partial charge in [0.05, 0.1) is 5.69 Å². The molecule has 2 heterocycles. The fraction of sp³-hybridized carbons (Fsp3) is 0.368. The Morgan fingerprint density at radius 2 is 1.86 bits per heavy atom. The summed E-state index contributed by atoms with van der Waals surface area (Å²) in [6.45, 7) is 3.69. The Labute approximate surface area is 132 Å². The molecular weight excluding hydrogens is 270 g/mol. The quantitative estimate of drug-likeness (QED) is 0.783. The average molecular weight is 293 g/mol. The van der Waals surface area contributed by atoms with Crippen LogP contribution in [-0.4, -0.2) is 35.7 Å². The summed E-state index contributed by atoms with van der Waals surface area (Å²) >= 11 is 0. The number of aromatic nitrogens is 1. The Morgan fingerprint density at radius 3 is 2.68 bits per heavy atom.